The van der Waals surface area contributed by atoms with E-state index in [1.807, 2.05) is 28.9 Å². The highest BCUT2D eigenvalue weighted by atomic mass is 32.1. The molecule has 0 aliphatic heterocycles. The van der Waals surface area contributed by atoms with E-state index in [9.17, 15) is 0 Å². The Bertz CT molecular complexity index is 1740. The second-order valence-electron chi connectivity index (χ2n) is 11.2. The smallest absolute Gasteiger partial charge is 0.0795 e. The van der Waals surface area contributed by atoms with Crippen LogP contribution in [0.2, 0.25) is 0 Å². The molecule has 176 valence electrons. The van der Waals surface area contributed by atoms with Gasteiger partial charge in [-0.25, -0.2) is 0 Å². The standard InChI is InChI=1S/C32H31NS2/c1-18(2)15-27-19(3)28-24(35-27)11-12-25-29(28)30-26(34-25)13-14-33-31(30)21-16-20-9-7-8-10-22(20)23(17-21)32(4,5)6/h7-14,16-18H,15H2,1-6H3. The van der Waals surface area contributed by atoms with Crippen molar-refractivity contribution < 1.29 is 0 Å². The highest BCUT2D eigenvalue weighted by molar-refractivity contribution is 7.26. The fraction of sp³-hybridized carbons (Fsp3) is 0.281. The molecule has 6 aromatic rings. The zero-order chi connectivity index (χ0) is 24.5. The molecule has 0 saturated carbocycles. The number of pyridine rings is 1. The normalized spacial score (nSPS) is 12.7. The van der Waals surface area contributed by atoms with E-state index >= 15 is 0 Å². The van der Waals surface area contributed by atoms with E-state index in [4.69, 9.17) is 4.98 Å². The van der Waals surface area contributed by atoms with Gasteiger partial charge >= 0.3 is 0 Å². The van der Waals surface area contributed by atoms with Gasteiger partial charge < -0.3 is 0 Å². The van der Waals surface area contributed by atoms with Crippen LogP contribution in [0, 0.1) is 12.8 Å². The maximum Gasteiger partial charge on any atom is 0.0795 e. The van der Waals surface area contributed by atoms with E-state index in [1.165, 1.54) is 62.6 Å². The number of hydrogen-bond acceptors (Lipinski definition) is 3. The number of nitrogens with zero attached hydrogens (tertiary/aromatic N) is 1. The Balaban J connectivity index is 1.72. The SMILES string of the molecule is Cc1c(CC(C)C)sc2ccc3sc4ccnc(-c5cc(C(C)(C)C)c6ccccc6c5)c4c3c12. The van der Waals surface area contributed by atoms with Crippen LogP contribution >= 0.6 is 22.7 Å². The van der Waals surface area contributed by atoms with E-state index in [0.717, 1.165) is 12.1 Å². The molecule has 0 aliphatic carbocycles. The van der Waals surface area contributed by atoms with E-state index in [-0.39, 0.29) is 5.41 Å². The van der Waals surface area contributed by atoms with Crippen LogP contribution in [0.4, 0.5) is 0 Å². The Morgan fingerprint density at radius 3 is 2.29 bits per heavy atom. The summed E-state index contributed by atoms with van der Waals surface area (Å²) in [6, 6.07) is 20.3. The van der Waals surface area contributed by atoms with Gasteiger partial charge in [-0.15, -0.1) is 22.7 Å². The molecule has 0 fully saturated rings. The first kappa shape index (κ1) is 22.7. The fourth-order valence-electron chi connectivity index (χ4n) is 5.45. The van der Waals surface area contributed by atoms with Gasteiger partial charge in [-0.3, -0.25) is 4.98 Å². The van der Waals surface area contributed by atoms with Crippen molar-refractivity contribution in [3.05, 3.63) is 76.8 Å². The number of rotatable bonds is 3. The van der Waals surface area contributed by atoms with Gasteiger partial charge in [0, 0.05) is 46.9 Å². The van der Waals surface area contributed by atoms with Crippen molar-refractivity contribution in [2.45, 2.75) is 53.4 Å². The van der Waals surface area contributed by atoms with Crippen LogP contribution in [0.5, 0.6) is 0 Å². The Kier molecular flexibility index (Phi) is 5.28. The number of benzene rings is 3. The van der Waals surface area contributed by atoms with Crippen molar-refractivity contribution in [2.24, 2.45) is 5.92 Å². The van der Waals surface area contributed by atoms with Crippen LogP contribution in [0.1, 0.15) is 50.6 Å². The molecule has 0 atom stereocenters. The third kappa shape index (κ3) is 3.68. The Hall–Kier alpha value is -2.75. The van der Waals surface area contributed by atoms with Crippen LogP contribution in [0.25, 0.3) is 52.3 Å². The molecule has 0 radical (unpaired) electrons. The van der Waals surface area contributed by atoms with Crippen molar-refractivity contribution in [3.63, 3.8) is 0 Å². The summed E-state index contributed by atoms with van der Waals surface area (Å²) in [6.45, 7) is 13.9. The predicted molar refractivity (Wildman–Crippen MR) is 157 cm³/mol. The van der Waals surface area contributed by atoms with Crippen LogP contribution < -0.4 is 0 Å². The van der Waals surface area contributed by atoms with Gasteiger partial charge in [0.05, 0.1) is 5.69 Å². The molecule has 1 nitrogen and oxygen atoms in total. The average Bonchev–Trinajstić information content (AvgIpc) is 3.34. The van der Waals surface area contributed by atoms with Gasteiger partial charge in [0.1, 0.15) is 0 Å². The molecule has 0 unspecified atom stereocenters. The molecule has 0 spiro atoms. The highest BCUT2D eigenvalue weighted by Crippen LogP contribution is 2.46. The predicted octanol–water partition coefficient (Wildman–Crippen LogP) is 10.3. The minimum Gasteiger partial charge on any atom is -0.256 e. The molecule has 3 aromatic heterocycles. The largest absolute Gasteiger partial charge is 0.256 e. The fourth-order valence-corrected chi connectivity index (χ4v) is 7.98. The monoisotopic (exact) mass is 493 g/mol. The van der Waals surface area contributed by atoms with E-state index in [1.54, 1.807) is 0 Å². The summed E-state index contributed by atoms with van der Waals surface area (Å²) < 4.78 is 4.07. The molecule has 0 amide bonds. The summed E-state index contributed by atoms with van der Waals surface area (Å²) in [7, 11) is 0. The summed E-state index contributed by atoms with van der Waals surface area (Å²) in [5.74, 6) is 0.655. The molecule has 6 rings (SSSR count). The first-order valence-electron chi connectivity index (χ1n) is 12.5. The van der Waals surface area contributed by atoms with E-state index in [2.05, 4.69) is 96.1 Å². The molecule has 0 N–H and O–H groups in total. The molecule has 35 heavy (non-hydrogen) atoms. The molecule has 3 heteroatoms. The van der Waals surface area contributed by atoms with Crippen molar-refractivity contribution in [1.29, 1.82) is 0 Å². The maximum atomic E-state index is 5.03. The lowest BCUT2D eigenvalue weighted by molar-refractivity contribution is 0.596. The van der Waals surface area contributed by atoms with Gasteiger partial charge in [0.15, 0.2) is 0 Å². The van der Waals surface area contributed by atoms with Crippen molar-refractivity contribution >= 4 is 63.7 Å². The number of aryl methyl sites for hydroxylation is 1. The van der Waals surface area contributed by atoms with Gasteiger partial charge in [-0.1, -0.05) is 58.9 Å². The Morgan fingerprint density at radius 2 is 1.54 bits per heavy atom. The van der Waals surface area contributed by atoms with Crippen molar-refractivity contribution in [2.75, 3.05) is 0 Å². The molecule has 3 heterocycles. The second-order valence-corrected chi connectivity index (χ2v) is 13.4. The topological polar surface area (TPSA) is 12.9 Å². The third-order valence-electron chi connectivity index (χ3n) is 7.07. The summed E-state index contributed by atoms with van der Waals surface area (Å²) in [6.07, 6.45) is 3.13. The van der Waals surface area contributed by atoms with Crippen molar-refractivity contribution in [1.82, 2.24) is 4.98 Å². The summed E-state index contributed by atoms with van der Waals surface area (Å²) in [5.41, 5.74) is 5.19. The van der Waals surface area contributed by atoms with Gasteiger partial charge in [0.2, 0.25) is 0 Å². The van der Waals surface area contributed by atoms with Gasteiger partial charge in [0.25, 0.3) is 0 Å². The Morgan fingerprint density at radius 1 is 0.829 bits per heavy atom. The first-order valence-corrected chi connectivity index (χ1v) is 14.1. The number of aromatic nitrogens is 1. The second kappa shape index (κ2) is 8.15. The van der Waals surface area contributed by atoms with E-state index < -0.39 is 0 Å². The summed E-state index contributed by atoms with van der Waals surface area (Å²) in [5, 5.41) is 6.75. The Labute approximate surface area is 215 Å². The first-order chi connectivity index (χ1) is 16.7. The van der Waals surface area contributed by atoms with E-state index in [0.29, 0.717) is 5.92 Å². The maximum absolute atomic E-state index is 5.03. The van der Waals surface area contributed by atoms with Crippen LogP contribution in [0.3, 0.4) is 0 Å². The summed E-state index contributed by atoms with van der Waals surface area (Å²) in [4.78, 5) is 6.55. The van der Waals surface area contributed by atoms with Crippen LogP contribution in [-0.4, -0.2) is 4.98 Å². The zero-order valence-electron chi connectivity index (χ0n) is 21.3. The lowest BCUT2D eigenvalue weighted by atomic mass is 9.82. The quantitative estimate of drug-likeness (QED) is 0.239. The zero-order valence-corrected chi connectivity index (χ0v) is 23.0. The average molecular weight is 494 g/mol. The van der Waals surface area contributed by atoms with Crippen LogP contribution in [0.15, 0.2) is 60.8 Å². The number of thiophene rings is 2. The lowest BCUT2D eigenvalue weighted by Crippen LogP contribution is -2.12. The molecule has 0 bridgehead atoms. The van der Waals surface area contributed by atoms with Gasteiger partial charge in [-0.05, 0) is 76.9 Å². The number of hydrogen-bond donors (Lipinski definition) is 0. The minimum atomic E-state index is 0.0448. The lowest BCUT2D eigenvalue weighted by Gasteiger charge is -2.23. The highest BCUT2D eigenvalue weighted by Gasteiger charge is 2.22. The minimum absolute atomic E-state index is 0.0448. The third-order valence-corrected chi connectivity index (χ3v) is 9.47. The molecule has 0 aliphatic rings. The van der Waals surface area contributed by atoms with Crippen LogP contribution in [-0.2, 0) is 11.8 Å². The molecule has 0 saturated heterocycles. The molecule has 3 aromatic carbocycles. The molecular weight excluding hydrogens is 462 g/mol. The number of fused-ring (bicyclic) bond motifs is 6. The molecular formula is C32H31NS2. The summed E-state index contributed by atoms with van der Waals surface area (Å²) >= 11 is 3.87. The van der Waals surface area contributed by atoms with Crippen molar-refractivity contribution in [3.8, 4) is 11.3 Å². The van der Waals surface area contributed by atoms with Gasteiger partial charge in [-0.2, -0.15) is 0 Å².